The van der Waals surface area contributed by atoms with Gasteiger partial charge >= 0.3 is 0 Å². The predicted octanol–water partition coefficient (Wildman–Crippen LogP) is 4.16. The van der Waals surface area contributed by atoms with Crippen molar-refractivity contribution in [1.29, 1.82) is 0 Å². The highest BCUT2D eigenvalue weighted by Gasteiger charge is 2.41. The molecule has 114 valence electrons. The van der Waals surface area contributed by atoms with Crippen molar-refractivity contribution in [3.63, 3.8) is 0 Å². The van der Waals surface area contributed by atoms with Crippen LogP contribution in [0, 0.1) is 11.8 Å². The van der Waals surface area contributed by atoms with Crippen molar-refractivity contribution in [2.24, 2.45) is 17.6 Å². The number of hydrogen-bond donors (Lipinski definition) is 1. The van der Waals surface area contributed by atoms with E-state index in [0.29, 0.717) is 12.0 Å². The second-order valence-electron chi connectivity index (χ2n) is 7.29. The van der Waals surface area contributed by atoms with E-state index in [2.05, 4.69) is 44.4 Å². The molecular weight excluding hydrogens is 270 g/mol. The molecule has 1 fully saturated rings. The number of aromatic nitrogens is 2. The zero-order valence-electron chi connectivity index (χ0n) is 13.4. The molecule has 0 bridgehead atoms. The highest BCUT2D eigenvalue weighted by molar-refractivity contribution is 6.31. The minimum Gasteiger partial charge on any atom is -0.327 e. The van der Waals surface area contributed by atoms with Crippen molar-refractivity contribution in [3.05, 3.63) is 16.9 Å². The molecule has 1 aliphatic carbocycles. The Bertz CT molecular complexity index is 464. The van der Waals surface area contributed by atoms with Gasteiger partial charge in [0.1, 0.15) is 0 Å². The molecule has 3 nitrogen and oxygen atoms in total. The maximum atomic E-state index is 6.47. The Morgan fingerprint density at radius 3 is 2.60 bits per heavy atom. The van der Waals surface area contributed by atoms with Crippen LogP contribution in [0.5, 0.6) is 0 Å². The Hall–Kier alpha value is -0.540. The van der Waals surface area contributed by atoms with E-state index in [9.17, 15) is 0 Å². The van der Waals surface area contributed by atoms with Crippen LogP contribution in [0.15, 0.2) is 6.20 Å². The van der Waals surface area contributed by atoms with Crippen molar-refractivity contribution in [2.75, 3.05) is 0 Å². The monoisotopic (exact) mass is 297 g/mol. The standard InChI is InChI=1S/C16H28ClN3/c1-10(2)20-15(13(17)9-19-20)16(4,5)12-7-6-11(3)8-14(12)18/h9-12,14H,6-8,18H2,1-5H3. The van der Waals surface area contributed by atoms with E-state index in [1.807, 2.05) is 0 Å². The SMILES string of the molecule is CC1CCC(C(C)(C)c2c(Cl)cnn2C(C)C)C(N)C1. The van der Waals surface area contributed by atoms with Crippen LogP contribution in [-0.2, 0) is 5.41 Å². The molecule has 1 saturated carbocycles. The van der Waals surface area contributed by atoms with E-state index < -0.39 is 0 Å². The first kappa shape index (κ1) is 15.8. The zero-order valence-corrected chi connectivity index (χ0v) is 14.1. The van der Waals surface area contributed by atoms with Gasteiger partial charge in [-0.1, -0.05) is 38.8 Å². The quantitative estimate of drug-likeness (QED) is 0.910. The largest absolute Gasteiger partial charge is 0.327 e. The highest BCUT2D eigenvalue weighted by atomic mass is 35.5. The van der Waals surface area contributed by atoms with Gasteiger partial charge in [0.15, 0.2) is 0 Å². The zero-order chi connectivity index (χ0) is 15.1. The van der Waals surface area contributed by atoms with Crippen molar-refractivity contribution < 1.29 is 0 Å². The van der Waals surface area contributed by atoms with Crippen molar-refractivity contribution in [1.82, 2.24) is 9.78 Å². The summed E-state index contributed by atoms with van der Waals surface area (Å²) in [5.74, 6) is 1.20. The number of hydrogen-bond acceptors (Lipinski definition) is 2. The van der Waals surface area contributed by atoms with E-state index in [-0.39, 0.29) is 11.5 Å². The number of halogens is 1. The molecule has 3 unspecified atom stereocenters. The van der Waals surface area contributed by atoms with Gasteiger partial charge < -0.3 is 5.73 Å². The lowest BCUT2D eigenvalue weighted by molar-refractivity contribution is 0.162. The van der Waals surface area contributed by atoms with Gasteiger partial charge in [-0.2, -0.15) is 5.10 Å². The first-order chi connectivity index (χ1) is 9.25. The molecule has 0 aliphatic heterocycles. The fraction of sp³-hybridized carbons (Fsp3) is 0.812. The summed E-state index contributed by atoms with van der Waals surface area (Å²) < 4.78 is 2.06. The molecule has 1 aromatic heterocycles. The summed E-state index contributed by atoms with van der Waals surface area (Å²) in [5.41, 5.74) is 7.56. The molecule has 1 aromatic rings. The highest BCUT2D eigenvalue weighted by Crippen LogP contribution is 2.44. The van der Waals surface area contributed by atoms with Crippen LogP contribution in [0.4, 0.5) is 0 Å². The smallest absolute Gasteiger partial charge is 0.0823 e. The lowest BCUT2D eigenvalue weighted by Gasteiger charge is -2.43. The fourth-order valence-corrected chi connectivity index (χ4v) is 4.21. The topological polar surface area (TPSA) is 43.8 Å². The molecule has 0 aromatic carbocycles. The molecule has 4 heteroatoms. The van der Waals surface area contributed by atoms with Crippen LogP contribution in [-0.4, -0.2) is 15.8 Å². The summed E-state index contributed by atoms with van der Waals surface area (Å²) in [6, 6.07) is 0.566. The van der Waals surface area contributed by atoms with Gasteiger partial charge in [0, 0.05) is 17.5 Å². The number of nitrogens with two attached hydrogens (primary N) is 1. The molecule has 0 spiro atoms. The van der Waals surface area contributed by atoms with Crippen LogP contribution in [0.3, 0.4) is 0 Å². The van der Waals surface area contributed by atoms with Crippen molar-refractivity contribution in [3.8, 4) is 0 Å². The number of rotatable bonds is 3. The van der Waals surface area contributed by atoms with Crippen LogP contribution in [0.25, 0.3) is 0 Å². The van der Waals surface area contributed by atoms with Crippen LogP contribution >= 0.6 is 11.6 Å². The van der Waals surface area contributed by atoms with Crippen molar-refractivity contribution >= 4 is 11.6 Å². The summed E-state index contributed by atoms with van der Waals surface area (Å²) in [7, 11) is 0. The van der Waals surface area contributed by atoms with Gasteiger partial charge in [0.05, 0.1) is 16.9 Å². The molecule has 20 heavy (non-hydrogen) atoms. The Labute approximate surface area is 127 Å². The summed E-state index contributed by atoms with van der Waals surface area (Å²) in [4.78, 5) is 0. The van der Waals surface area contributed by atoms with Gasteiger partial charge in [0.25, 0.3) is 0 Å². The third kappa shape index (κ3) is 2.75. The van der Waals surface area contributed by atoms with E-state index >= 15 is 0 Å². The van der Waals surface area contributed by atoms with Gasteiger partial charge in [-0.3, -0.25) is 4.68 Å². The maximum absolute atomic E-state index is 6.47. The minimum atomic E-state index is -0.0442. The Morgan fingerprint density at radius 2 is 2.05 bits per heavy atom. The van der Waals surface area contributed by atoms with Crippen molar-refractivity contribution in [2.45, 2.75) is 71.4 Å². The molecule has 0 saturated heterocycles. The van der Waals surface area contributed by atoms with Crippen LogP contribution < -0.4 is 5.73 Å². The maximum Gasteiger partial charge on any atom is 0.0823 e. The van der Waals surface area contributed by atoms with Gasteiger partial charge in [-0.05, 0) is 38.5 Å². The lowest BCUT2D eigenvalue weighted by Crippen LogP contribution is -2.46. The van der Waals surface area contributed by atoms with Gasteiger partial charge in [-0.15, -0.1) is 0 Å². The molecule has 1 heterocycles. The van der Waals surface area contributed by atoms with E-state index in [1.54, 1.807) is 6.20 Å². The fourth-order valence-electron chi connectivity index (χ4n) is 3.83. The molecular formula is C16H28ClN3. The van der Waals surface area contributed by atoms with E-state index in [4.69, 9.17) is 17.3 Å². The summed E-state index contributed by atoms with van der Waals surface area (Å²) in [6.07, 6.45) is 5.32. The lowest BCUT2D eigenvalue weighted by atomic mass is 9.65. The minimum absolute atomic E-state index is 0.0442. The Morgan fingerprint density at radius 1 is 1.40 bits per heavy atom. The van der Waals surface area contributed by atoms with Gasteiger partial charge in [-0.25, -0.2) is 0 Å². The van der Waals surface area contributed by atoms with Crippen LogP contribution in [0.1, 0.15) is 65.6 Å². The number of nitrogens with zero attached hydrogens (tertiary/aromatic N) is 2. The first-order valence-electron chi connectivity index (χ1n) is 7.74. The second kappa shape index (κ2) is 5.69. The average Bonchev–Trinajstić information content (AvgIpc) is 2.71. The third-order valence-electron chi connectivity index (χ3n) is 4.94. The Balaban J connectivity index is 2.37. The first-order valence-corrected chi connectivity index (χ1v) is 8.12. The summed E-state index contributed by atoms with van der Waals surface area (Å²) >= 11 is 6.44. The normalized spacial score (nSPS) is 28.1. The predicted molar refractivity (Wildman–Crippen MR) is 85.1 cm³/mol. The summed E-state index contributed by atoms with van der Waals surface area (Å²) in [5, 5.41) is 5.23. The van der Waals surface area contributed by atoms with E-state index in [0.717, 1.165) is 23.1 Å². The third-order valence-corrected chi connectivity index (χ3v) is 5.22. The molecule has 3 atom stereocenters. The molecule has 2 rings (SSSR count). The Kier molecular flexibility index (Phi) is 4.50. The van der Waals surface area contributed by atoms with E-state index in [1.165, 1.54) is 12.8 Å². The molecule has 1 aliphatic rings. The van der Waals surface area contributed by atoms with Crippen LogP contribution in [0.2, 0.25) is 5.02 Å². The second-order valence-corrected chi connectivity index (χ2v) is 7.70. The summed E-state index contributed by atoms with van der Waals surface area (Å²) in [6.45, 7) is 11.1. The average molecular weight is 298 g/mol. The molecule has 0 radical (unpaired) electrons. The van der Waals surface area contributed by atoms with Gasteiger partial charge in [0.2, 0.25) is 0 Å². The molecule has 2 N–H and O–H groups in total. The molecule has 0 amide bonds.